The van der Waals surface area contributed by atoms with Crippen molar-refractivity contribution in [3.05, 3.63) is 35.9 Å². The van der Waals surface area contributed by atoms with Crippen molar-refractivity contribution in [2.24, 2.45) is 5.92 Å². The molecule has 1 rings (SSSR count). The zero-order valence-electron chi connectivity index (χ0n) is 12.0. The van der Waals surface area contributed by atoms with E-state index >= 15 is 0 Å². The highest BCUT2D eigenvalue weighted by Gasteiger charge is 2.06. The lowest BCUT2D eigenvalue weighted by molar-refractivity contribution is -0.138. The molecule has 0 radical (unpaired) electrons. The lowest BCUT2D eigenvalue weighted by Gasteiger charge is -2.07. The van der Waals surface area contributed by atoms with Gasteiger partial charge in [-0.3, -0.25) is 4.79 Å². The van der Waals surface area contributed by atoms with Crippen LogP contribution in [-0.4, -0.2) is 11.1 Å². The zero-order valence-corrected chi connectivity index (χ0v) is 12.0. The number of aliphatic carboxylic acids is 1. The summed E-state index contributed by atoms with van der Waals surface area (Å²) in [6.07, 6.45) is 8.75. The molecule has 1 aromatic carbocycles. The van der Waals surface area contributed by atoms with Crippen LogP contribution in [0, 0.1) is 5.92 Å². The van der Waals surface area contributed by atoms with Crippen molar-refractivity contribution >= 4 is 5.97 Å². The third-order valence-electron chi connectivity index (χ3n) is 3.53. The third-order valence-corrected chi connectivity index (χ3v) is 3.53. The van der Waals surface area contributed by atoms with Crippen molar-refractivity contribution in [3.63, 3.8) is 0 Å². The van der Waals surface area contributed by atoms with Gasteiger partial charge in [0.05, 0.1) is 0 Å². The monoisotopic (exact) mass is 262 g/mol. The number of rotatable bonds is 10. The van der Waals surface area contributed by atoms with Gasteiger partial charge in [0.2, 0.25) is 0 Å². The van der Waals surface area contributed by atoms with Crippen LogP contribution < -0.4 is 0 Å². The molecular formula is C17H26O2. The van der Waals surface area contributed by atoms with Crippen LogP contribution in [0.5, 0.6) is 0 Å². The number of carboxylic acid groups (broad SMARTS) is 1. The molecule has 106 valence electrons. The van der Waals surface area contributed by atoms with Gasteiger partial charge in [0.1, 0.15) is 0 Å². The smallest absolute Gasteiger partial charge is 0.303 e. The molecule has 1 N–H and O–H groups in total. The number of hydrogen-bond acceptors (Lipinski definition) is 1. The maximum atomic E-state index is 10.5. The van der Waals surface area contributed by atoms with Crippen molar-refractivity contribution in [3.8, 4) is 0 Å². The van der Waals surface area contributed by atoms with Crippen LogP contribution in [0.4, 0.5) is 0 Å². The van der Waals surface area contributed by atoms with Gasteiger partial charge in [0.25, 0.3) is 0 Å². The second-order valence-electron chi connectivity index (χ2n) is 5.50. The standard InChI is InChI=1S/C17H26O2/c1-15(14-17(18)19)10-6-3-2-4-7-11-16-12-8-5-9-13-16/h5,8-9,12-13,15H,2-4,6-7,10-11,14H2,1H3,(H,18,19). The molecule has 1 atom stereocenters. The molecule has 0 spiro atoms. The molecule has 0 saturated carbocycles. The average molecular weight is 262 g/mol. The first-order valence-corrected chi connectivity index (χ1v) is 7.44. The largest absolute Gasteiger partial charge is 0.481 e. The first-order valence-electron chi connectivity index (χ1n) is 7.44. The average Bonchev–Trinajstić information content (AvgIpc) is 2.38. The second-order valence-corrected chi connectivity index (χ2v) is 5.50. The molecule has 0 heterocycles. The molecule has 0 fully saturated rings. The van der Waals surface area contributed by atoms with Crippen molar-refractivity contribution in [2.45, 2.75) is 58.3 Å². The molecule has 0 aliphatic carbocycles. The molecule has 1 unspecified atom stereocenters. The van der Waals surface area contributed by atoms with Crippen LogP contribution in [0.1, 0.15) is 57.4 Å². The van der Waals surface area contributed by atoms with Crippen molar-refractivity contribution in [1.29, 1.82) is 0 Å². The summed E-state index contributed by atoms with van der Waals surface area (Å²) in [5.41, 5.74) is 1.43. The summed E-state index contributed by atoms with van der Waals surface area (Å²) in [7, 11) is 0. The van der Waals surface area contributed by atoms with E-state index < -0.39 is 5.97 Å². The van der Waals surface area contributed by atoms with Gasteiger partial charge in [-0.25, -0.2) is 0 Å². The van der Waals surface area contributed by atoms with Gasteiger partial charge in [-0.2, -0.15) is 0 Å². The molecule has 2 nitrogen and oxygen atoms in total. The van der Waals surface area contributed by atoms with Gasteiger partial charge in [-0.1, -0.05) is 69.4 Å². The van der Waals surface area contributed by atoms with Crippen molar-refractivity contribution in [1.82, 2.24) is 0 Å². The minimum absolute atomic E-state index is 0.313. The summed E-state index contributed by atoms with van der Waals surface area (Å²) in [5, 5.41) is 8.66. The van der Waals surface area contributed by atoms with Gasteiger partial charge in [0.15, 0.2) is 0 Å². The van der Waals surface area contributed by atoms with Gasteiger partial charge in [-0.15, -0.1) is 0 Å². The Kier molecular flexibility index (Phi) is 7.95. The Labute approximate surface area is 116 Å². The van der Waals surface area contributed by atoms with Crippen LogP contribution in [0.3, 0.4) is 0 Å². The summed E-state index contributed by atoms with van der Waals surface area (Å²) < 4.78 is 0. The number of unbranched alkanes of at least 4 members (excludes halogenated alkanes) is 4. The van der Waals surface area contributed by atoms with E-state index in [0.717, 1.165) is 6.42 Å². The maximum Gasteiger partial charge on any atom is 0.303 e. The number of carboxylic acids is 1. The molecule has 0 bridgehead atoms. The number of aryl methyl sites for hydroxylation is 1. The zero-order chi connectivity index (χ0) is 13.9. The van der Waals surface area contributed by atoms with Gasteiger partial charge in [0, 0.05) is 6.42 Å². The summed E-state index contributed by atoms with van der Waals surface area (Å²) in [6, 6.07) is 10.6. The Morgan fingerprint density at radius 2 is 1.68 bits per heavy atom. The predicted molar refractivity (Wildman–Crippen MR) is 79.3 cm³/mol. The minimum atomic E-state index is -0.671. The van der Waals surface area contributed by atoms with E-state index in [9.17, 15) is 4.79 Å². The molecule has 0 aromatic heterocycles. The summed E-state index contributed by atoms with van der Waals surface area (Å²) in [6.45, 7) is 2.03. The minimum Gasteiger partial charge on any atom is -0.481 e. The Hall–Kier alpha value is -1.31. The van der Waals surface area contributed by atoms with E-state index in [-0.39, 0.29) is 0 Å². The predicted octanol–water partition coefficient (Wildman–Crippen LogP) is 4.68. The fourth-order valence-corrected chi connectivity index (χ4v) is 2.40. The lowest BCUT2D eigenvalue weighted by Crippen LogP contribution is -2.03. The fourth-order valence-electron chi connectivity index (χ4n) is 2.40. The van der Waals surface area contributed by atoms with Crippen molar-refractivity contribution < 1.29 is 9.90 Å². The Balaban J connectivity index is 1.93. The van der Waals surface area contributed by atoms with Gasteiger partial charge < -0.3 is 5.11 Å². The summed E-state index contributed by atoms with van der Waals surface area (Å²) >= 11 is 0. The van der Waals surface area contributed by atoms with Gasteiger partial charge in [-0.05, 0) is 24.3 Å². The third kappa shape index (κ3) is 8.41. The quantitative estimate of drug-likeness (QED) is 0.622. The van der Waals surface area contributed by atoms with Crippen LogP contribution >= 0.6 is 0 Å². The highest BCUT2D eigenvalue weighted by Crippen LogP contribution is 2.15. The lowest BCUT2D eigenvalue weighted by atomic mass is 9.99. The molecule has 0 saturated heterocycles. The summed E-state index contributed by atoms with van der Waals surface area (Å²) in [4.78, 5) is 10.5. The van der Waals surface area contributed by atoms with E-state index in [1.54, 1.807) is 0 Å². The SMILES string of the molecule is CC(CCCCCCCc1ccccc1)CC(=O)O. The first kappa shape index (κ1) is 15.7. The normalized spacial score (nSPS) is 12.3. The molecule has 0 aliphatic rings. The van der Waals surface area contributed by atoms with E-state index in [2.05, 4.69) is 30.3 Å². The van der Waals surface area contributed by atoms with Crippen LogP contribution in [0.2, 0.25) is 0 Å². The van der Waals surface area contributed by atoms with E-state index in [0.29, 0.717) is 12.3 Å². The van der Waals surface area contributed by atoms with Crippen molar-refractivity contribution in [2.75, 3.05) is 0 Å². The molecule has 0 aliphatic heterocycles. The van der Waals surface area contributed by atoms with Crippen LogP contribution in [0.15, 0.2) is 30.3 Å². The molecular weight excluding hydrogens is 236 g/mol. The first-order chi connectivity index (χ1) is 9.18. The Morgan fingerprint density at radius 3 is 2.37 bits per heavy atom. The Bertz CT molecular complexity index is 346. The van der Waals surface area contributed by atoms with Crippen LogP contribution in [0.25, 0.3) is 0 Å². The molecule has 19 heavy (non-hydrogen) atoms. The highest BCUT2D eigenvalue weighted by molar-refractivity contribution is 5.66. The second kappa shape index (κ2) is 9.60. The van der Waals surface area contributed by atoms with E-state index in [4.69, 9.17) is 5.11 Å². The molecule has 0 amide bonds. The number of benzene rings is 1. The van der Waals surface area contributed by atoms with Crippen LogP contribution in [-0.2, 0) is 11.2 Å². The topological polar surface area (TPSA) is 37.3 Å². The summed E-state index contributed by atoms with van der Waals surface area (Å²) in [5.74, 6) is -0.350. The van der Waals surface area contributed by atoms with E-state index in [1.807, 2.05) is 6.92 Å². The molecule has 2 heteroatoms. The fraction of sp³-hybridized carbons (Fsp3) is 0.588. The Morgan fingerprint density at radius 1 is 1.05 bits per heavy atom. The van der Waals surface area contributed by atoms with E-state index in [1.165, 1.54) is 44.1 Å². The number of hydrogen-bond donors (Lipinski definition) is 1. The molecule has 1 aromatic rings. The maximum absolute atomic E-state index is 10.5. The van der Waals surface area contributed by atoms with Gasteiger partial charge >= 0.3 is 5.97 Å². The highest BCUT2D eigenvalue weighted by atomic mass is 16.4. The number of carbonyl (C=O) groups is 1.